The number of nitriles is 1. The Balaban J connectivity index is 1.78. The van der Waals surface area contributed by atoms with Gasteiger partial charge in [0.25, 0.3) is 0 Å². The van der Waals surface area contributed by atoms with Gasteiger partial charge in [0.1, 0.15) is 0 Å². The van der Waals surface area contributed by atoms with Gasteiger partial charge in [-0.15, -0.1) is 0 Å². The number of rotatable bonds is 7. The van der Waals surface area contributed by atoms with Crippen molar-refractivity contribution in [3.8, 4) is 17.6 Å². The molecule has 0 unspecified atom stereocenters. The van der Waals surface area contributed by atoms with E-state index in [2.05, 4.69) is 0 Å². The van der Waals surface area contributed by atoms with E-state index < -0.39 is 5.97 Å². The number of imidazole rings is 1. The maximum atomic E-state index is 12.7. The van der Waals surface area contributed by atoms with E-state index in [1.54, 1.807) is 15.2 Å². The molecular weight excluding hydrogens is 358 g/mol. The molecule has 0 N–H and O–H groups in total. The van der Waals surface area contributed by atoms with Crippen molar-refractivity contribution in [3.05, 3.63) is 58.5 Å². The zero-order valence-corrected chi connectivity index (χ0v) is 15.8. The molecule has 7 nitrogen and oxygen atoms in total. The normalized spacial score (nSPS) is 10.6. The standard InChI is InChI=1S/C21H21N3O4/c1-3-11-23-16-6-4-5-7-17(16)24(21(23)26)12-10-20(25)28-18-9-8-15(14-22)13-19(18)27-2/h4-9,13H,3,10-12H2,1-2H3. The summed E-state index contributed by atoms with van der Waals surface area (Å²) < 4.78 is 13.9. The maximum absolute atomic E-state index is 12.7. The highest BCUT2D eigenvalue weighted by atomic mass is 16.6. The molecule has 0 atom stereocenters. The van der Waals surface area contributed by atoms with E-state index in [-0.39, 0.29) is 24.4 Å². The van der Waals surface area contributed by atoms with Crippen molar-refractivity contribution < 1.29 is 14.3 Å². The minimum atomic E-state index is -0.484. The van der Waals surface area contributed by atoms with Crippen LogP contribution in [0.5, 0.6) is 11.5 Å². The molecule has 0 aliphatic rings. The fourth-order valence-corrected chi connectivity index (χ4v) is 3.13. The summed E-state index contributed by atoms with van der Waals surface area (Å²) in [7, 11) is 1.44. The van der Waals surface area contributed by atoms with E-state index in [9.17, 15) is 9.59 Å². The minimum Gasteiger partial charge on any atom is -0.493 e. The van der Waals surface area contributed by atoms with Crippen LogP contribution < -0.4 is 15.2 Å². The van der Waals surface area contributed by atoms with Gasteiger partial charge in [-0.25, -0.2) is 4.79 Å². The lowest BCUT2D eigenvalue weighted by Crippen LogP contribution is -2.25. The first kappa shape index (κ1) is 19.2. The van der Waals surface area contributed by atoms with Gasteiger partial charge in [0.15, 0.2) is 11.5 Å². The Morgan fingerprint density at radius 3 is 2.36 bits per heavy atom. The van der Waals surface area contributed by atoms with Crippen molar-refractivity contribution in [2.75, 3.05) is 7.11 Å². The van der Waals surface area contributed by atoms with Crippen molar-refractivity contribution in [3.63, 3.8) is 0 Å². The topological polar surface area (TPSA) is 86.3 Å². The molecule has 3 rings (SSSR count). The third-order valence-corrected chi connectivity index (χ3v) is 4.43. The molecule has 1 aromatic heterocycles. The molecule has 28 heavy (non-hydrogen) atoms. The van der Waals surface area contributed by atoms with Crippen molar-refractivity contribution in [1.29, 1.82) is 5.26 Å². The molecule has 2 aromatic carbocycles. The lowest BCUT2D eigenvalue weighted by atomic mass is 10.2. The van der Waals surface area contributed by atoms with Crippen LogP contribution >= 0.6 is 0 Å². The fourth-order valence-electron chi connectivity index (χ4n) is 3.13. The van der Waals surface area contributed by atoms with Crippen LogP contribution in [0, 0.1) is 11.3 Å². The molecule has 3 aromatic rings. The lowest BCUT2D eigenvalue weighted by molar-refractivity contribution is -0.134. The van der Waals surface area contributed by atoms with Crippen LogP contribution in [0.15, 0.2) is 47.3 Å². The zero-order valence-electron chi connectivity index (χ0n) is 15.8. The molecule has 0 aliphatic heterocycles. The van der Waals surface area contributed by atoms with Crippen LogP contribution in [0.25, 0.3) is 11.0 Å². The molecule has 0 saturated carbocycles. The summed E-state index contributed by atoms with van der Waals surface area (Å²) in [5, 5.41) is 8.95. The summed E-state index contributed by atoms with van der Waals surface area (Å²) in [4.78, 5) is 25.1. The first-order valence-corrected chi connectivity index (χ1v) is 9.06. The van der Waals surface area contributed by atoms with Gasteiger partial charge in [0.2, 0.25) is 0 Å². The van der Waals surface area contributed by atoms with Gasteiger partial charge in [0.05, 0.1) is 36.2 Å². The van der Waals surface area contributed by atoms with E-state index in [1.165, 1.54) is 19.2 Å². The number of hydrogen-bond acceptors (Lipinski definition) is 5. The number of aryl methyl sites for hydroxylation is 2. The minimum absolute atomic E-state index is 0.0309. The van der Waals surface area contributed by atoms with Crippen molar-refractivity contribution in [1.82, 2.24) is 9.13 Å². The zero-order chi connectivity index (χ0) is 20.1. The third kappa shape index (κ3) is 3.76. The summed E-state index contributed by atoms with van der Waals surface area (Å²) in [5.41, 5.74) is 1.93. The number of nitrogens with zero attached hydrogens (tertiary/aromatic N) is 3. The van der Waals surface area contributed by atoms with E-state index in [4.69, 9.17) is 14.7 Å². The Labute approximate surface area is 162 Å². The summed E-state index contributed by atoms with van der Waals surface area (Å²) in [6, 6.07) is 14.1. The van der Waals surface area contributed by atoms with Gasteiger partial charge in [-0.3, -0.25) is 13.9 Å². The molecule has 0 saturated heterocycles. The second-order valence-electron chi connectivity index (χ2n) is 6.28. The Hall–Kier alpha value is -3.53. The number of fused-ring (bicyclic) bond motifs is 1. The van der Waals surface area contributed by atoms with Gasteiger partial charge in [-0.2, -0.15) is 5.26 Å². The number of benzene rings is 2. The quantitative estimate of drug-likeness (QED) is 0.465. The lowest BCUT2D eigenvalue weighted by Gasteiger charge is -2.09. The van der Waals surface area contributed by atoms with Crippen LogP contribution in [-0.2, 0) is 17.9 Å². The number of esters is 1. The second-order valence-corrected chi connectivity index (χ2v) is 6.28. The number of carbonyl (C=O) groups is 1. The number of ether oxygens (including phenoxy) is 2. The summed E-state index contributed by atoms with van der Waals surface area (Å²) in [6.07, 6.45) is 0.873. The Bertz CT molecular complexity index is 1110. The van der Waals surface area contributed by atoms with E-state index >= 15 is 0 Å². The summed E-state index contributed by atoms with van der Waals surface area (Å²) in [6.45, 7) is 2.85. The van der Waals surface area contributed by atoms with E-state index in [0.29, 0.717) is 17.9 Å². The predicted molar refractivity (Wildman–Crippen MR) is 104 cm³/mol. The van der Waals surface area contributed by atoms with Gasteiger partial charge in [-0.1, -0.05) is 19.1 Å². The second kappa shape index (κ2) is 8.44. The number of carbonyl (C=O) groups excluding carboxylic acids is 1. The van der Waals surface area contributed by atoms with E-state index in [0.717, 1.165) is 17.5 Å². The largest absolute Gasteiger partial charge is 0.493 e. The molecule has 0 radical (unpaired) electrons. The van der Waals surface area contributed by atoms with Crippen LogP contribution in [0.2, 0.25) is 0 Å². The van der Waals surface area contributed by atoms with Crippen LogP contribution in [0.4, 0.5) is 0 Å². The number of aromatic nitrogens is 2. The molecule has 0 bridgehead atoms. The van der Waals surface area contributed by atoms with E-state index in [1.807, 2.05) is 37.3 Å². The molecule has 0 amide bonds. The van der Waals surface area contributed by atoms with Gasteiger partial charge in [-0.05, 0) is 30.7 Å². The first-order chi connectivity index (χ1) is 13.6. The highest BCUT2D eigenvalue weighted by Crippen LogP contribution is 2.28. The fraction of sp³-hybridized carbons (Fsp3) is 0.286. The highest BCUT2D eigenvalue weighted by molar-refractivity contribution is 5.77. The highest BCUT2D eigenvalue weighted by Gasteiger charge is 2.15. The van der Waals surface area contributed by atoms with Crippen molar-refractivity contribution >= 4 is 17.0 Å². The van der Waals surface area contributed by atoms with Gasteiger partial charge in [0, 0.05) is 19.2 Å². The van der Waals surface area contributed by atoms with Crippen molar-refractivity contribution in [2.24, 2.45) is 0 Å². The first-order valence-electron chi connectivity index (χ1n) is 9.06. The molecular formula is C21H21N3O4. The number of methoxy groups -OCH3 is 1. The molecule has 7 heteroatoms. The molecule has 144 valence electrons. The Morgan fingerprint density at radius 1 is 1.07 bits per heavy atom. The summed E-state index contributed by atoms with van der Waals surface area (Å²) >= 11 is 0. The average molecular weight is 379 g/mol. The SMILES string of the molecule is CCCn1c(=O)n(CCC(=O)Oc2ccc(C#N)cc2OC)c2ccccc21. The maximum Gasteiger partial charge on any atom is 0.329 e. The van der Waals surface area contributed by atoms with Crippen LogP contribution in [-0.4, -0.2) is 22.2 Å². The van der Waals surface area contributed by atoms with Crippen molar-refractivity contribution in [2.45, 2.75) is 32.9 Å². The monoisotopic (exact) mass is 379 g/mol. The Kier molecular flexibility index (Phi) is 5.80. The van der Waals surface area contributed by atoms with Crippen LogP contribution in [0.1, 0.15) is 25.3 Å². The van der Waals surface area contributed by atoms with Gasteiger partial charge < -0.3 is 9.47 Å². The Morgan fingerprint density at radius 2 is 1.75 bits per heavy atom. The molecule has 1 heterocycles. The summed E-state index contributed by atoms with van der Waals surface area (Å²) in [5.74, 6) is 0.0682. The number of hydrogen-bond donors (Lipinski definition) is 0. The average Bonchev–Trinajstić information content (AvgIpc) is 2.98. The third-order valence-electron chi connectivity index (χ3n) is 4.43. The van der Waals surface area contributed by atoms with Gasteiger partial charge >= 0.3 is 11.7 Å². The van der Waals surface area contributed by atoms with Crippen LogP contribution in [0.3, 0.4) is 0 Å². The predicted octanol–water partition coefficient (Wildman–Crippen LogP) is 3.09. The smallest absolute Gasteiger partial charge is 0.329 e. The number of para-hydroxylation sites is 2. The molecule has 0 aliphatic carbocycles. The molecule has 0 fully saturated rings. The molecule has 0 spiro atoms.